The minimum absolute atomic E-state index is 0.00604. The lowest BCUT2D eigenvalue weighted by molar-refractivity contribution is -0.203. The fourth-order valence-corrected chi connectivity index (χ4v) is 2.93. The third-order valence-electron chi connectivity index (χ3n) is 3.58. The number of hydrogen-bond acceptors (Lipinski definition) is 1. The number of nitrogens with zero attached hydrogens (tertiary/aromatic N) is 1. The Morgan fingerprint density at radius 2 is 1.56 bits per heavy atom. The number of rotatable bonds is 6. The summed E-state index contributed by atoms with van der Waals surface area (Å²) in [7, 11) is 0. The number of halogens is 3. The molecule has 0 aromatic carbocycles. The first-order chi connectivity index (χ1) is 8.14. The molecule has 0 N–H and O–H groups in total. The molecule has 18 heavy (non-hydrogen) atoms. The molecule has 108 valence electrons. The molecular weight excluding hydrogens is 239 g/mol. The zero-order valence-corrected chi connectivity index (χ0v) is 12.1. The first-order valence-corrected chi connectivity index (χ1v) is 6.98. The topological polar surface area (TPSA) is 3.24 Å². The first-order valence-electron chi connectivity index (χ1n) is 6.98. The van der Waals surface area contributed by atoms with Gasteiger partial charge in [0.15, 0.2) is 0 Å². The fraction of sp³-hybridized carbons (Fsp3) is 1.00. The van der Waals surface area contributed by atoms with E-state index in [1.165, 1.54) is 0 Å². The van der Waals surface area contributed by atoms with E-state index < -0.39 is 12.2 Å². The summed E-state index contributed by atoms with van der Waals surface area (Å²) in [4.78, 5) is 1.74. The summed E-state index contributed by atoms with van der Waals surface area (Å²) in [5.74, 6) is 0.0440. The molecule has 0 radical (unpaired) electrons. The van der Waals surface area contributed by atoms with Gasteiger partial charge >= 0.3 is 6.18 Å². The summed E-state index contributed by atoms with van der Waals surface area (Å²) in [5, 5.41) is 0. The largest absolute Gasteiger partial charge is 0.404 e. The zero-order valence-electron chi connectivity index (χ0n) is 12.1. The molecule has 1 saturated carbocycles. The maximum absolute atomic E-state index is 13.3. The second-order valence-corrected chi connectivity index (χ2v) is 6.39. The van der Waals surface area contributed by atoms with Crippen molar-refractivity contribution in [3.8, 4) is 0 Å². The lowest BCUT2D eigenvalue weighted by Crippen LogP contribution is -2.54. The Balaban J connectivity index is 2.87. The molecule has 0 bridgehead atoms. The smallest absolute Gasteiger partial charge is 0.286 e. The van der Waals surface area contributed by atoms with Crippen molar-refractivity contribution < 1.29 is 13.2 Å². The van der Waals surface area contributed by atoms with Crippen LogP contribution in [0.2, 0.25) is 0 Å². The summed E-state index contributed by atoms with van der Waals surface area (Å²) in [5.41, 5.74) is 0. The molecule has 1 rings (SSSR count). The maximum atomic E-state index is 13.3. The van der Waals surface area contributed by atoms with Crippen LogP contribution in [0.5, 0.6) is 0 Å². The van der Waals surface area contributed by atoms with E-state index >= 15 is 0 Å². The van der Waals surface area contributed by atoms with Crippen molar-refractivity contribution in [2.45, 2.75) is 78.2 Å². The van der Waals surface area contributed by atoms with E-state index in [-0.39, 0.29) is 18.0 Å². The van der Waals surface area contributed by atoms with E-state index in [1.54, 1.807) is 18.7 Å². The van der Waals surface area contributed by atoms with Crippen LogP contribution in [0.3, 0.4) is 0 Å². The van der Waals surface area contributed by atoms with Gasteiger partial charge in [-0.2, -0.15) is 13.2 Å². The average molecular weight is 265 g/mol. The summed E-state index contributed by atoms with van der Waals surface area (Å²) >= 11 is 0. The van der Waals surface area contributed by atoms with Gasteiger partial charge in [-0.1, -0.05) is 27.7 Å². The predicted octanol–water partition coefficient (Wildman–Crippen LogP) is 4.47. The van der Waals surface area contributed by atoms with E-state index in [0.717, 1.165) is 19.3 Å². The molecular formula is C14H26F3N. The normalized spacial score (nSPS) is 20.8. The van der Waals surface area contributed by atoms with Crippen LogP contribution >= 0.6 is 0 Å². The van der Waals surface area contributed by atoms with Crippen LogP contribution in [-0.4, -0.2) is 29.2 Å². The summed E-state index contributed by atoms with van der Waals surface area (Å²) in [6.45, 7) is 9.43. The molecule has 0 aromatic heterocycles. The quantitative estimate of drug-likeness (QED) is 0.684. The molecule has 0 aromatic rings. The van der Waals surface area contributed by atoms with Crippen LogP contribution in [0, 0.1) is 11.8 Å². The van der Waals surface area contributed by atoms with Gasteiger partial charge in [-0.25, -0.2) is 0 Å². The Bertz CT molecular complexity index is 256. The molecule has 1 aliphatic rings. The van der Waals surface area contributed by atoms with Crippen LogP contribution < -0.4 is 0 Å². The lowest BCUT2D eigenvalue weighted by atomic mass is 9.96. The van der Waals surface area contributed by atoms with Crippen LogP contribution in [0.1, 0.15) is 53.9 Å². The summed E-state index contributed by atoms with van der Waals surface area (Å²) < 4.78 is 39.8. The summed E-state index contributed by atoms with van der Waals surface area (Å²) in [6.07, 6.45) is -1.46. The minimum Gasteiger partial charge on any atom is -0.286 e. The minimum atomic E-state index is -4.12. The van der Waals surface area contributed by atoms with Gasteiger partial charge in [-0.05, 0) is 38.0 Å². The summed E-state index contributed by atoms with van der Waals surface area (Å²) in [6, 6.07) is -1.14. The van der Waals surface area contributed by atoms with Gasteiger partial charge in [0, 0.05) is 12.1 Å². The molecule has 2 atom stereocenters. The highest BCUT2D eigenvalue weighted by molar-refractivity contribution is 4.95. The van der Waals surface area contributed by atoms with Crippen LogP contribution in [0.4, 0.5) is 13.2 Å². The van der Waals surface area contributed by atoms with Gasteiger partial charge in [0.05, 0.1) is 0 Å². The monoisotopic (exact) mass is 265 g/mol. The van der Waals surface area contributed by atoms with E-state index in [0.29, 0.717) is 5.92 Å². The van der Waals surface area contributed by atoms with Gasteiger partial charge in [0.1, 0.15) is 6.04 Å². The highest BCUT2D eigenvalue weighted by Gasteiger charge is 2.50. The van der Waals surface area contributed by atoms with Gasteiger partial charge in [-0.15, -0.1) is 0 Å². The van der Waals surface area contributed by atoms with Gasteiger partial charge in [0.25, 0.3) is 0 Å². The Morgan fingerprint density at radius 3 is 1.83 bits per heavy atom. The van der Waals surface area contributed by atoms with E-state index in [9.17, 15) is 13.2 Å². The average Bonchev–Trinajstić information content (AvgIpc) is 2.92. The Hall–Kier alpha value is -0.250. The standard InChI is InChI=1S/C14H26F3N/c1-9(2)8-11(5)18(12-6-7-12)13(10(3)4)14(15,16)17/h9-13H,6-8H2,1-5H3/t11-,13-/m0/s1. The zero-order chi connectivity index (χ0) is 14.1. The fourth-order valence-electron chi connectivity index (χ4n) is 2.93. The first kappa shape index (κ1) is 15.8. The van der Waals surface area contributed by atoms with Crippen molar-refractivity contribution in [2.24, 2.45) is 11.8 Å². The van der Waals surface area contributed by atoms with Crippen molar-refractivity contribution in [1.82, 2.24) is 4.90 Å². The maximum Gasteiger partial charge on any atom is 0.404 e. The molecule has 1 nitrogen and oxygen atoms in total. The molecule has 0 amide bonds. The van der Waals surface area contributed by atoms with Crippen molar-refractivity contribution >= 4 is 0 Å². The molecule has 1 aliphatic carbocycles. The molecule has 0 heterocycles. The van der Waals surface area contributed by atoms with E-state index in [1.807, 2.05) is 6.92 Å². The molecule has 4 heteroatoms. The number of alkyl halides is 3. The lowest BCUT2D eigenvalue weighted by Gasteiger charge is -2.40. The van der Waals surface area contributed by atoms with Gasteiger partial charge < -0.3 is 0 Å². The third kappa shape index (κ3) is 4.15. The van der Waals surface area contributed by atoms with Crippen LogP contribution in [-0.2, 0) is 0 Å². The Labute approximate surface area is 109 Å². The van der Waals surface area contributed by atoms with E-state index in [4.69, 9.17) is 0 Å². The van der Waals surface area contributed by atoms with Crippen LogP contribution in [0.15, 0.2) is 0 Å². The molecule has 0 unspecified atom stereocenters. The second-order valence-electron chi connectivity index (χ2n) is 6.39. The Morgan fingerprint density at radius 1 is 1.06 bits per heavy atom. The molecule has 0 saturated heterocycles. The highest BCUT2D eigenvalue weighted by Crippen LogP contribution is 2.40. The van der Waals surface area contributed by atoms with Gasteiger partial charge in [-0.3, -0.25) is 4.90 Å². The third-order valence-corrected chi connectivity index (χ3v) is 3.58. The van der Waals surface area contributed by atoms with Crippen molar-refractivity contribution in [2.75, 3.05) is 0 Å². The predicted molar refractivity (Wildman–Crippen MR) is 68.5 cm³/mol. The highest BCUT2D eigenvalue weighted by atomic mass is 19.4. The van der Waals surface area contributed by atoms with Crippen LogP contribution in [0.25, 0.3) is 0 Å². The number of hydrogen-bond donors (Lipinski definition) is 0. The second kappa shape index (κ2) is 5.81. The molecule has 0 aliphatic heterocycles. The molecule has 0 spiro atoms. The van der Waals surface area contributed by atoms with E-state index in [2.05, 4.69) is 13.8 Å². The molecule has 1 fully saturated rings. The van der Waals surface area contributed by atoms with Crippen molar-refractivity contribution in [3.05, 3.63) is 0 Å². The Kier molecular flexibility index (Phi) is 5.10. The van der Waals surface area contributed by atoms with Crippen molar-refractivity contribution in [3.63, 3.8) is 0 Å². The van der Waals surface area contributed by atoms with Gasteiger partial charge in [0.2, 0.25) is 0 Å². The van der Waals surface area contributed by atoms with Crippen molar-refractivity contribution in [1.29, 1.82) is 0 Å². The SMILES string of the molecule is CC(C)C[C@H](C)N(C1CC1)[C@@H](C(C)C)C(F)(F)F.